The molecule has 4 nitrogen and oxygen atoms in total. The van der Waals surface area contributed by atoms with Crippen LogP contribution >= 0.6 is 15.9 Å². The van der Waals surface area contributed by atoms with Gasteiger partial charge in [0.05, 0.1) is 5.56 Å². The Balaban J connectivity index is 3.41. The van der Waals surface area contributed by atoms with E-state index in [4.69, 9.17) is 5.11 Å². The molecule has 1 aromatic carbocycles. The summed E-state index contributed by atoms with van der Waals surface area (Å²) in [4.78, 5) is 22.1. The second kappa shape index (κ2) is 4.44. The number of hydrogen-bond donors (Lipinski definition) is 2. The van der Waals surface area contributed by atoms with Gasteiger partial charge in [-0.1, -0.05) is 22.9 Å². The quantitative estimate of drug-likeness (QED) is 0.829. The number of halogens is 1. The van der Waals surface area contributed by atoms with Gasteiger partial charge in [0.2, 0.25) is 0 Å². The number of carbonyl (C=O) groups excluding carboxylic acids is 1. The third-order valence-corrected chi connectivity index (χ3v) is 2.38. The van der Waals surface area contributed by atoms with Gasteiger partial charge in [-0.2, -0.15) is 0 Å². The molecule has 0 aliphatic rings. The zero-order valence-corrected chi connectivity index (χ0v) is 9.54. The monoisotopic (exact) mass is 272 g/mol. The Morgan fingerprint density at radius 2 is 1.87 bits per heavy atom. The summed E-state index contributed by atoms with van der Waals surface area (Å²) in [5.41, 5.74) is -0.245. The van der Waals surface area contributed by atoms with Crippen LogP contribution in [0, 0.1) is 0 Å². The minimum absolute atomic E-state index is 0.0317. The van der Waals surface area contributed by atoms with Gasteiger partial charge in [0, 0.05) is 10.9 Å². The molecule has 0 bridgehead atoms. The Morgan fingerprint density at radius 3 is 2.33 bits per heavy atom. The molecule has 5 heteroatoms. The van der Waals surface area contributed by atoms with Gasteiger partial charge in [0.1, 0.15) is 11.3 Å². The third kappa shape index (κ3) is 2.36. The standard InChI is InChI=1S/C10H9BrO4/c1-2-8(12)6-3-5(11)4-7(9(6)13)10(14)15/h3-4,13H,2H2,1H3,(H,14,15). The van der Waals surface area contributed by atoms with Gasteiger partial charge in [-0.05, 0) is 12.1 Å². The lowest BCUT2D eigenvalue weighted by molar-refractivity contribution is 0.0693. The van der Waals surface area contributed by atoms with E-state index in [0.717, 1.165) is 0 Å². The molecule has 1 aromatic rings. The van der Waals surface area contributed by atoms with Crippen molar-refractivity contribution in [1.29, 1.82) is 0 Å². The van der Waals surface area contributed by atoms with Gasteiger partial charge in [-0.25, -0.2) is 4.79 Å². The average Bonchev–Trinajstić information content (AvgIpc) is 2.19. The topological polar surface area (TPSA) is 74.6 Å². The van der Waals surface area contributed by atoms with E-state index >= 15 is 0 Å². The molecule has 80 valence electrons. The van der Waals surface area contributed by atoms with Crippen LogP contribution in [-0.4, -0.2) is 22.0 Å². The molecule has 1 rings (SSSR count). The molecule has 2 N–H and O–H groups in total. The van der Waals surface area contributed by atoms with E-state index < -0.39 is 11.7 Å². The summed E-state index contributed by atoms with van der Waals surface area (Å²) in [6.45, 7) is 1.64. The Bertz CT molecular complexity index is 426. The summed E-state index contributed by atoms with van der Waals surface area (Å²) in [6.07, 6.45) is 0.211. The molecule has 0 fully saturated rings. The summed E-state index contributed by atoms with van der Waals surface area (Å²) in [5, 5.41) is 18.3. The minimum Gasteiger partial charge on any atom is -0.506 e. The van der Waals surface area contributed by atoms with Gasteiger partial charge in [-0.3, -0.25) is 4.79 Å². The van der Waals surface area contributed by atoms with E-state index in [-0.39, 0.29) is 23.3 Å². The minimum atomic E-state index is -1.26. The molecule has 0 radical (unpaired) electrons. The molecule has 0 saturated heterocycles. The summed E-state index contributed by atoms with van der Waals surface area (Å²) in [6, 6.07) is 2.66. The van der Waals surface area contributed by atoms with Crippen molar-refractivity contribution in [2.45, 2.75) is 13.3 Å². The number of rotatable bonds is 3. The van der Waals surface area contributed by atoms with Crippen molar-refractivity contribution >= 4 is 27.7 Å². The zero-order chi connectivity index (χ0) is 11.6. The van der Waals surface area contributed by atoms with Crippen molar-refractivity contribution in [3.63, 3.8) is 0 Å². The van der Waals surface area contributed by atoms with Crippen LogP contribution in [0.15, 0.2) is 16.6 Å². The number of ketones is 1. The summed E-state index contributed by atoms with van der Waals surface area (Å²) >= 11 is 3.09. The van der Waals surface area contributed by atoms with Crippen molar-refractivity contribution in [1.82, 2.24) is 0 Å². The number of Topliss-reactive ketones (excluding diaryl/α,β-unsaturated/α-hetero) is 1. The van der Waals surface area contributed by atoms with Crippen molar-refractivity contribution in [2.24, 2.45) is 0 Å². The first kappa shape index (κ1) is 11.7. The molecule has 0 saturated carbocycles. The van der Waals surface area contributed by atoms with Crippen LogP contribution in [0.3, 0.4) is 0 Å². The number of hydrogen-bond acceptors (Lipinski definition) is 3. The summed E-state index contributed by atoms with van der Waals surface area (Å²) < 4.78 is 0.453. The highest BCUT2D eigenvalue weighted by Crippen LogP contribution is 2.28. The third-order valence-electron chi connectivity index (χ3n) is 1.93. The molecular formula is C10H9BrO4. The van der Waals surface area contributed by atoms with E-state index in [1.165, 1.54) is 12.1 Å². The van der Waals surface area contributed by atoms with Crippen molar-refractivity contribution in [3.05, 3.63) is 27.7 Å². The van der Waals surface area contributed by atoms with Crippen LogP contribution in [0.4, 0.5) is 0 Å². The van der Waals surface area contributed by atoms with Crippen LogP contribution in [-0.2, 0) is 0 Å². The number of aromatic hydroxyl groups is 1. The maximum atomic E-state index is 11.4. The Labute approximate surface area is 94.7 Å². The van der Waals surface area contributed by atoms with Gasteiger partial charge < -0.3 is 10.2 Å². The lowest BCUT2D eigenvalue weighted by Crippen LogP contribution is -2.03. The molecule has 0 aliphatic carbocycles. The predicted octanol–water partition coefficient (Wildman–Crippen LogP) is 2.45. The predicted molar refractivity (Wildman–Crippen MR) is 57.4 cm³/mol. The molecule has 0 aliphatic heterocycles. The van der Waals surface area contributed by atoms with Gasteiger partial charge in [0.25, 0.3) is 0 Å². The maximum Gasteiger partial charge on any atom is 0.339 e. The number of carboxylic acid groups (broad SMARTS) is 1. The second-order valence-corrected chi connectivity index (χ2v) is 3.85. The van der Waals surface area contributed by atoms with Crippen LogP contribution in [0.2, 0.25) is 0 Å². The normalized spacial score (nSPS) is 10.0. The smallest absolute Gasteiger partial charge is 0.339 e. The van der Waals surface area contributed by atoms with Crippen molar-refractivity contribution in [2.75, 3.05) is 0 Å². The van der Waals surface area contributed by atoms with E-state index in [2.05, 4.69) is 15.9 Å². The van der Waals surface area contributed by atoms with E-state index in [1.807, 2.05) is 0 Å². The number of carboxylic acids is 1. The molecular weight excluding hydrogens is 264 g/mol. The summed E-state index contributed by atoms with van der Waals surface area (Å²) in [5.74, 6) is -2.03. The number of aromatic carboxylic acids is 1. The molecule has 0 heterocycles. The highest BCUT2D eigenvalue weighted by atomic mass is 79.9. The second-order valence-electron chi connectivity index (χ2n) is 2.93. The average molecular weight is 273 g/mol. The van der Waals surface area contributed by atoms with E-state index in [9.17, 15) is 14.7 Å². The first-order valence-electron chi connectivity index (χ1n) is 4.26. The van der Waals surface area contributed by atoms with Gasteiger partial charge >= 0.3 is 5.97 Å². The van der Waals surface area contributed by atoms with Crippen molar-refractivity contribution < 1.29 is 19.8 Å². The number of carbonyl (C=O) groups is 2. The molecule has 0 atom stereocenters. The van der Waals surface area contributed by atoms with E-state index in [0.29, 0.717) is 4.47 Å². The SMILES string of the molecule is CCC(=O)c1cc(Br)cc(C(=O)O)c1O. The highest BCUT2D eigenvalue weighted by Gasteiger charge is 2.18. The molecule has 15 heavy (non-hydrogen) atoms. The first-order valence-corrected chi connectivity index (χ1v) is 5.05. The lowest BCUT2D eigenvalue weighted by atomic mass is 10.0. The fraction of sp³-hybridized carbons (Fsp3) is 0.200. The largest absolute Gasteiger partial charge is 0.506 e. The van der Waals surface area contributed by atoms with Gasteiger partial charge in [0.15, 0.2) is 5.78 Å². The van der Waals surface area contributed by atoms with Crippen molar-refractivity contribution in [3.8, 4) is 5.75 Å². The molecule has 0 aromatic heterocycles. The van der Waals surface area contributed by atoms with Gasteiger partial charge in [-0.15, -0.1) is 0 Å². The molecule has 0 unspecified atom stereocenters. The lowest BCUT2D eigenvalue weighted by Gasteiger charge is -2.06. The van der Waals surface area contributed by atoms with Crippen LogP contribution in [0.1, 0.15) is 34.1 Å². The first-order chi connectivity index (χ1) is 6.97. The van der Waals surface area contributed by atoms with E-state index in [1.54, 1.807) is 6.92 Å². The fourth-order valence-electron chi connectivity index (χ4n) is 1.17. The van der Waals surface area contributed by atoms with Crippen LogP contribution in [0.5, 0.6) is 5.75 Å². The van der Waals surface area contributed by atoms with Crippen LogP contribution in [0.25, 0.3) is 0 Å². The molecule has 0 spiro atoms. The number of benzene rings is 1. The molecule has 0 amide bonds. The number of phenols is 1. The Morgan fingerprint density at radius 1 is 1.33 bits per heavy atom. The fourth-order valence-corrected chi connectivity index (χ4v) is 1.62. The maximum absolute atomic E-state index is 11.4. The summed E-state index contributed by atoms with van der Waals surface area (Å²) in [7, 11) is 0. The Kier molecular flexibility index (Phi) is 3.47. The Hall–Kier alpha value is -1.36. The highest BCUT2D eigenvalue weighted by molar-refractivity contribution is 9.10. The van der Waals surface area contributed by atoms with Crippen LogP contribution < -0.4 is 0 Å². The zero-order valence-electron chi connectivity index (χ0n) is 7.95.